The molecule has 104 valence electrons. The quantitative estimate of drug-likeness (QED) is 0.877. The molecule has 1 atom stereocenters. The van der Waals surface area contributed by atoms with Gasteiger partial charge in [0, 0.05) is 40.5 Å². The normalized spacial score (nSPS) is 13.9. The summed E-state index contributed by atoms with van der Waals surface area (Å²) in [5.74, 6) is 1.65. The number of benzene rings is 1. The van der Waals surface area contributed by atoms with Gasteiger partial charge in [-0.3, -0.25) is 4.21 Å². The number of hydrogen-bond acceptors (Lipinski definition) is 3. The third-order valence-corrected chi connectivity index (χ3v) is 3.80. The van der Waals surface area contributed by atoms with E-state index in [2.05, 4.69) is 25.3 Å². The van der Waals surface area contributed by atoms with Crippen molar-refractivity contribution in [1.29, 1.82) is 0 Å². The van der Waals surface area contributed by atoms with Crippen LogP contribution in [0.2, 0.25) is 0 Å². The lowest BCUT2D eigenvalue weighted by molar-refractivity contribution is 0.512. The van der Waals surface area contributed by atoms with E-state index in [1.54, 1.807) is 6.26 Å². The van der Waals surface area contributed by atoms with Gasteiger partial charge < -0.3 is 10.3 Å². The fourth-order valence-corrected chi connectivity index (χ4v) is 2.61. The van der Waals surface area contributed by atoms with Crippen molar-refractivity contribution in [1.82, 2.24) is 9.55 Å². The summed E-state index contributed by atoms with van der Waals surface area (Å²) in [4.78, 5) is 4.71. The fraction of sp³-hybridized carbons (Fsp3) is 0.500. The highest BCUT2D eigenvalue weighted by atomic mass is 32.2. The molecule has 0 bridgehead atoms. The zero-order chi connectivity index (χ0) is 14.2. The molecule has 4 nitrogen and oxygen atoms in total. The Kier molecular flexibility index (Phi) is 3.67. The maximum Gasteiger partial charge on any atom is 0.115 e. The van der Waals surface area contributed by atoms with Crippen LogP contribution in [0.4, 0.5) is 5.69 Å². The van der Waals surface area contributed by atoms with Crippen LogP contribution in [-0.2, 0) is 22.8 Å². The zero-order valence-corrected chi connectivity index (χ0v) is 12.8. The molecule has 2 rings (SSSR count). The van der Waals surface area contributed by atoms with E-state index in [-0.39, 0.29) is 5.41 Å². The van der Waals surface area contributed by atoms with Gasteiger partial charge in [0.25, 0.3) is 0 Å². The minimum absolute atomic E-state index is 0.0526. The van der Waals surface area contributed by atoms with Crippen LogP contribution in [-0.4, -0.2) is 25.8 Å². The Balaban J connectivity index is 2.58. The SMILES string of the molecule is CS(=O)CCn1c(C(C)(C)C)nc2cc(N)ccc21. The molecular weight excluding hydrogens is 258 g/mol. The second-order valence-electron chi connectivity index (χ2n) is 5.86. The molecule has 0 radical (unpaired) electrons. The number of aryl methyl sites for hydroxylation is 1. The summed E-state index contributed by atoms with van der Waals surface area (Å²) < 4.78 is 13.5. The van der Waals surface area contributed by atoms with Crippen LogP contribution in [0.1, 0.15) is 26.6 Å². The Bertz CT molecular complexity index is 625. The number of fused-ring (bicyclic) bond motifs is 1. The van der Waals surface area contributed by atoms with Crippen molar-refractivity contribution in [3.05, 3.63) is 24.0 Å². The predicted octanol–water partition coefficient (Wildman–Crippen LogP) is 2.29. The predicted molar refractivity (Wildman–Crippen MR) is 81.8 cm³/mol. The van der Waals surface area contributed by atoms with Gasteiger partial charge in [-0.25, -0.2) is 4.98 Å². The van der Waals surface area contributed by atoms with Crippen LogP contribution in [0.3, 0.4) is 0 Å². The third-order valence-electron chi connectivity index (χ3n) is 3.05. The first-order valence-electron chi connectivity index (χ1n) is 6.35. The van der Waals surface area contributed by atoms with E-state index in [4.69, 9.17) is 10.7 Å². The molecule has 0 amide bonds. The van der Waals surface area contributed by atoms with E-state index in [9.17, 15) is 4.21 Å². The molecule has 1 aromatic carbocycles. The van der Waals surface area contributed by atoms with Gasteiger partial charge in [0.15, 0.2) is 0 Å². The number of nitrogens with two attached hydrogens (primary N) is 1. The Morgan fingerprint density at radius 3 is 2.63 bits per heavy atom. The number of rotatable bonds is 3. The highest BCUT2D eigenvalue weighted by Crippen LogP contribution is 2.27. The number of anilines is 1. The molecule has 0 aliphatic carbocycles. The molecule has 2 N–H and O–H groups in total. The number of imidazole rings is 1. The van der Waals surface area contributed by atoms with Crippen molar-refractivity contribution in [2.24, 2.45) is 0 Å². The first kappa shape index (κ1) is 14.1. The van der Waals surface area contributed by atoms with Crippen molar-refractivity contribution >= 4 is 27.5 Å². The van der Waals surface area contributed by atoms with Crippen molar-refractivity contribution < 1.29 is 4.21 Å². The second kappa shape index (κ2) is 4.96. The summed E-state index contributed by atoms with van der Waals surface area (Å²) >= 11 is 0. The van der Waals surface area contributed by atoms with E-state index >= 15 is 0 Å². The largest absolute Gasteiger partial charge is 0.399 e. The summed E-state index contributed by atoms with van der Waals surface area (Å²) in [6.45, 7) is 7.13. The molecule has 19 heavy (non-hydrogen) atoms. The van der Waals surface area contributed by atoms with Gasteiger partial charge in [-0.05, 0) is 18.2 Å². The van der Waals surface area contributed by atoms with E-state index in [0.29, 0.717) is 5.75 Å². The topological polar surface area (TPSA) is 60.9 Å². The van der Waals surface area contributed by atoms with Gasteiger partial charge in [-0.2, -0.15) is 0 Å². The molecule has 0 saturated carbocycles. The lowest BCUT2D eigenvalue weighted by Crippen LogP contribution is -2.20. The summed E-state index contributed by atoms with van der Waals surface area (Å²) in [6.07, 6.45) is 1.73. The average molecular weight is 279 g/mol. The van der Waals surface area contributed by atoms with Crippen LogP contribution in [0.15, 0.2) is 18.2 Å². The zero-order valence-electron chi connectivity index (χ0n) is 11.9. The van der Waals surface area contributed by atoms with Crippen LogP contribution < -0.4 is 5.73 Å². The maximum atomic E-state index is 11.3. The smallest absolute Gasteiger partial charge is 0.115 e. The van der Waals surface area contributed by atoms with Crippen molar-refractivity contribution in [2.75, 3.05) is 17.7 Å². The minimum atomic E-state index is -0.806. The van der Waals surface area contributed by atoms with E-state index in [1.807, 2.05) is 18.2 Å². The number of aromatic nitrogens is 2. The van der Waals surface area contributed by atoms with E-state index in [1.165, 1.54) is 0 Å². The minimum Gasteiger partial charge on any atom is -0.399 e. The lowest BCUT2D eigenvalue weighted by Gasteiger charge is -2.20. The molecular formula is C14H21N3OS. The first-order chi connectivity index (χ1) is 8.79. The van der Waals surface area contributed by atoms with Gasteiger partial charge >= 0.3 is 0 Å². The molecule has 0 aliphatic rings. The molecule has 1 unspecified atom stereocenters. The monoisotopic (exact) mass is 279 g/mol. The average Bonchev–Trinajstić information content (AvgIpc) is 2.63. The molecule has 0 saturated heterocycles. The van der Waals surface area contributed by atoms with Gasteiger partial charge in [-0.15, -0.1) is 0 Å². The third kappa shape index (κ3) is 2.97. The summed E-state index contributed by atoms with van der Waals surface area (Å²) in [5.41, 5.74) is 8.45. The van der Waals surface area contributed by atoms with Crippen molar-refractivity contribution in [3.63, 3.8) is 0 Å². The summed E-state index contributed by atoms with van der Waals surface area (Å²) in [6, 6.07) is 5.77. The van der Waals surface area contributed by atoms with Gasteiger partial charge in [0.2, 0.25) is 0 Å². The van der Waals surface area contributed by atoms with Crippen molar-refractivity contribution in [2.45, 2.75) is 32.7 Å². The first-order valence-corrected chi connectivity index (χ1v) is 8.08. The standard InChI is InChI=1S/C14H21N3OS/c1-14(2,3)13-16-11-9-10(15)5-6-12(11)17(13)7-8-19(4)18/h5-6,9H,7-8,15H2,1-4H3. The Labute approximate surface area is 116 Å². The van der Waals surface area contributed by atoms with Crippen LogP contribution in [0, 0.1) is 0 Å². The molecule has 2 aromatic rings. The molecule has 1 aromatic heterocycles. The highest BCUT2D eigenvalue weighted by molar-refractivity contribution is 7.84. The molecule has 5 heteroatoms. The summed E-state index contributed by atoms with van der Waals surface area (Å²) in [7, 11) is -0.806. The van der Waals surface area contributed by atoms with Crippen molar-refractivity contribution in [3.8, 4) is 0 Å². The number of nitrogen functional groups attached to an aromatic ring is 1. The summed E-state index contributed by atoms with van der Waals surface area (Å²) in [5, 5.41) is 0. The van der Waals surface area contributed by atoms with Gasteiger partial charge in [0.1, 0.15) is 5.82 Å². The molecule has 0 aliphatic heterocycles. The van der Waals surface area contributed by atoms with Gasteiger partial charge in [0.05, 0.1) is 11.0 Å². The molecule has 0 fully saturated rings. The molecule has 1 heterocycles. The second-order valence-corrected chi connectivity index (χ2v) is 7.42. The van der Waals surface area contributed by atoms with E-state index < -0.39 is 10.8 Å². The Hall–Kier alpha value is -1.36. The highest BCUT2D eigenvalue weighted by Gasteiger charge is 2.22. The molecule has 0 spiro atoms. The van der Waals surface area contributed by atoms with Crippen LogP contribution in [0.5, 0.6) is 0 Å². The van der Waals surface area contributed by atoms with Gasteiger partial charge in [-0.1, -0.05) is 20.8 Å². The van der Waals surface area contributed by atoms with Crippen LogP contribution >= 0.6 is 0 Å². The Morgan fingerprint density at radius 2 is 2.05 bits per heavy atom. The number of hydrogen-bond donors (Lipinski definition) is 1. The van der Waals surface area contributed by atoms with E-state index in [0.717, 1.165) is 29.1 Å². The Morgan fingerprint density at radius 1 is 1.37 bits per heavy atom. The fourth-order valence-electron chi connectivity index (χ4n) is 2.17. The number of nitrogens with zero attached hydrogens (tertiary/aromatic N) is 2. The lowest BCUT2D eigenvalue weighted by atomic mass is 9.96. The maximum absolute atomic E-state index is 11.3. The van der Waals surface area contributed by atoms with Crippen LogP contribution in [0.25, 0.3) is 11.0 Å².